The van der Waals surface area contributed by atoms with Crippen molar-refractivity contribution in [3.63, 3.8) is 0 Å². The first-order chi connectivity index (χ1) is 9.17. The fourth-order valence-electron chi connectivity index (χ4n) is 1.68. The van der Waals surface area contributed by atoms with Crippen LogP contribution >= 0.6 is 27.3 Å². The number of anilines is 1. The number of nitrogens with one attached hydrogen (secondary N) is 1. The molecule has 0 saturated carbocycles. The Morgan fingerprint density at radius 3 is 2.89 bits per heavy atom. The van der Waals surface area contributed by atoms with Crippen LogP contribution in [0.4, 0.5) is 5.13 Å². The average molecular weight is 338 g/mol. The fourth-order valence-corrected chi connectivity index (χ4v) is 2.76. The quantitative estimate of drug-likeness (QED) is 0.727. The highest BCUT2D eigenvalue weighted by atomic mass is 79.9. The maximum absolute atomic E-state index is 12.0. The van der Waals surface area contributed by atoms with Crippen molar-refractivity contribution in [2.24, 2.45) is 0 Å². The van der Waals surface area contributed by atoms with Crippen LogP contribution in [-0.4, -0.2) is 17.2 Å². The van der Waals surface area contributed by atoms with Gasteiger partial charge in [0.2, 0.25) is 5.13 Å². The number of fused-ring (bicyclic) bond motifs is 1. The summed E-state index contributed by atoms with van der Waals surface area (Å²) in [4.78, 5) is 12.0. The van der Waals surface area contributed by atoms with Gasteiger partial charge in [-0.2, -0.15) is 0 Å². The molecule has 0 aliphatic carbocycles. The number of aromatic nitrogens is 2. The molecule has 0 amide bonds. The van der Waals surface area contributed by atoms with E-state index in [1.165, 1.54) is 11.3 Å². The Balaban J connectivity index is 2.23. The highest BCUT2D eigenvalue weighted by Crippen LogP contribution is 2.27. The minimum Gasteiger partial charge on any atom is -0.422 e. The number of benzene rings is 1. The normalized spacial score (nSPS) is 10.8. The van der Waals surface area contributed by atoms with Crippen LogP contribution in [0.25, 0.3) is 21.5 Å². The third-order valence-electron chi connectivity index (χ3n) is 2.56. The Morgan fingerprint density at radius 1 is 1.32 bits per heavy atom. The lowest BCUT2D eigenvalue weighted by molar-refractivity contribution is 0.563. The van der Waals surface area contributed by atoms with Crippen LogP contribution in [0.1, 0.15) is 0 Å². The Bertz CT molecular complexity index is 812. The summed E-state index contributed by atoms with van der Waals surface area (Å²) >= 11 is 4.70. The molecule has 2 heterocycles. The van der Waals surface area contributed by atoms with Crippen molar-refractivity contribution in [2.75, 3.05) is 12.4 Å². The van der Waals surface area contributed by atoms with Crippen molar-refractivity contribution in [3.8, 4) is 10.6 Å². The van der Waals surface area contributed by atoms with E-state index < -0.39 is 5.63 Å². The molecule has 0 fully saturated rings. The molecular weight excluding hydrogens is 330 g/mol. The summed E-state index contributed by atoms with van der Waals surface area (Å²) in [5.41, 5.74) is 0.563. The van der Waals surface area contributed by atoms with Gasteiger partial charge in [0.1, 0.15) is 5.58 Å². The van der Waals surface area contributed by atoms with Crippen LogP contribution in [0.2, 0.25) is 0 Å². The van der Waals surface area contributed by atoms with Crippen molar-refractivity contribution >= 4 is 43.4 Å². The number of hydrogen-bond donors (Lipinski definition) is 1. The van der Waals surface area contributed by atoms with Gasteiger partial charge in [-0.1, -0.05) is 27.3 Å². The van der Waals surface area contributed by atoms with E-state index >= 15 is 0 Å². The summed E-state index contributed by atoms with van der Waals surface area (Å²) in [6.07, 6.45) is 0. The molecule has 7 heteroatoms. The zero-order valence-corrected chi connectivity index (χ0v) is 12.2. The van der Waals surface area contributed by atoms with Crippen LogP contribution in [0.3, 0.4) is 0 Å². The van der Waals surface area contributed by atoms with Crippen molar-refractivity contribution < 1.29 is 4.42 Å². The minimum atomic E-state index is -0.409. The van der Waals surface area contributed by atoms with Crippen molar-refractivity contribution in [3.05, 3.63) is 39.2 Å². The van der Waals surface area contributed by atoms with E-state index in [0.717, 1.165) is 9.86 Å². The molecule has 0 radical (unpaired) electrons. The lowest BCUT2D eigenvalue weighted by atomic mass is 10.2. The van der Waals surface area contributed by atoms with Gasteiger partial charge in [0.25, 0.3) is 0 Å². The molecule has 1 N–H and O–H groups in total. The molecule has 0 saturated heterocycles. The van der Waals surface area contributed by atoms with Crippen molar-refractivity contribution in [1.82, 2.24) is 10.2 Å². The molecule has 5 nitrogen and oxygen atoms in total. The van der Waals surface area contributed by atoms with Gasteiger partial charge < -0.3 is 9.73 Å². The van der Waals surface area contributed by atoms with Crippen molar-refractivity contribution in [2.45, 2.75) is 0 Å². The van der Waals surface area contributed by atoms with Gasteiger partial charge in [-0.05, 0) is 24.3 Å². The topological polar surface area (TPSA) is 68.0 Å². The van der Waals surface area contributed by atoms with Gasteiger partial charge in [-0.25, -0.2) is 4.79 Å². The van der Waals surface area contributed by atoms with Gasteiger partial charge in [-0.15, -0.1) is 10.2 Å². The lowest BCUT2D eigenvalue weighted by Crippen LogP contribution is -2.02. The maximum atomic E-state index is 12.0. The third kappa shape index (κ3) is 2.26. The van der Waals surface area contributed by atoms with Gasteiger partial charge in [0.15, 0.2) is 5.01 Å². The van der Waals surface area contributed by atoms with Gasteiger partial charge in [0.05, 0.1) is 5.56 Å². The third-order valence-corrected chi connectivity index (χ3v) is 4.03. The summed E-state index contributed by atoms with van der Waals surface area (Å²) < 4.78 is 6.21. The molecule has 0 aliphatic rings. The molecule has 3 aromatic rings. The maximum Gasteiger partial charge on any atom is 0.346 e. The lowest BCUT2D eigenvalue weighted by Gasteiger charge is -1.99. The smallest absolute Gasteiger partial charge is 0.346 e. The highest BCUT2D eigenvalue weighted by molar-refractivity contribution is 9.10. The summed E-state index contributed by atoms with van der Waals surface area (Å²) in [5.74, 6) is 0. The zero-order valence-electron chi connectivity index (χ0n) is 9.81. The fraction of sp³-hybridized carbons (Fsp3) is 0.0833. The molecule has 0 aliphatic heterocycles. The standard InChI is InChI=1S/C12H8BrN3O2S/c1-14-12-16-15-10(19-12)8-5-6-4-7(13)2-3-9(6)18-11(8)17/h2-5H,1H3,(H,14,16). The first kappa shape index (κ1) is 12.3. The molecule has 2 aromatic heterocycles. The highest BCUT2D eigenvalue weighted by Gasteiger charge is 2.12. The van der Waals surface area contributed by atoms with Crippen LogP contribution in [0.15, 0.2) is 37.9 Å². The number of rotatable bonds is 2. The monoisotopic (exact) mass is 337 g/mol. The van der Waals surface area contributed by atoms with E-state index in [2.05, 4.69) is 31.4 Å². The predicted octanol–water partition coefficient (Wildman–Crippen LogP) is 3.12. The molecular formula is C12H8BrN3O2S. The van der Waals surface area contributed by atoms with Crippen LogP contribution < -0.4 is 10.9 Å². The van der Waals surface area contributed by atoms with E-state index in [1.807, 2.05) is 12.1 Å². The Hall–Kier alpha value is -1.73. The summed E-state index contributed by atoms with van der Waals surface area (Å²) in [7, 11) is 1.75. The van der Waals surface area contributed by atoms with Crippen LogP contribution in [0, 0.1) is 0 Å². The molecule has 1 aromatic carbocycles. The molecule has 3 rings (SSSR count). The second kappa shape index (κ2) is 4.75. The second-order valence-corrected chi connectivity index (χ2v) is 5.69. The van der Waals surface area contributed by atoms with Gasteiger partial charge in [-0.3, -0.25) is 0 Å². The first-order valence-corrected chi connectivity index (χ1v) is 7.03. The van der Waals surface area contributed by atoms with Gasteiger partial charge in [0, 0.05) is 16.9 Å². The molecule has 96 valence electrons. The van der Waals surface area contributed by atoms with Crippen LogP contribution in [0.5, 0.6) is 0 Å². The molecule has 0 unspecified atom stereocenters. The second-order valence-electron chi connectivity index (χ2n) is 3.79. The summed E-state index contributed by atoms with van der Waals surface area (Å²) in [6, 6.07) is 7.24. The van der Waals surface area contributed by atoms with Crippen molar-refractivity contribution in [1.29, 1.82) is 0 Å². The Kier molecular flexibility index (Phi) is 3.08. The van der Waals surface area contributed by atoms with E-state index in [0.29, 0.717) is 21.3 Å². The molecule has 19 heavy (non-hydrogen) atoms. The van der Waals surface area contributed by atoms with E-state index in [-0.39, 0.29) is 0 Å². The molecule has 0 bridgehead atoms. The number of nitrogens with zero attached hydrogens (tertiary/aromatic N) is 2. The average Bonchev–Trinajstić information content (AvgIpc) is 2.87. The Morgan fingerprint density at radius 2 is 2.16 bits per heavy atom. The molecule has 0 atom stereocenters. The first-order valence-electron chi connectivity index (χ1n) is 5.42. The van der Waals surface area contributed by atoms with E-state index in [9.17, 15) is 4.79 Å². The minimum absolute atomic E-state index is 0.409. The van der Waals surface area contributed by atoms with Gasteiger partial charge >= 0.3 is 5.63 Å². The zero-order chi connectivity index (χ0) is 13.4. The van der Waals surface area contributed by atoms with E-state index in [1.54, 1.807) is 19.2 Å². The number of halogens is 1. The summed E-state index contributed by atoms with van der Waals surface area (Å²) in [5, 5.41) is 12.8. The SMILES string of the molecule is CNc1nnc(-c2cc3cc(Br)ccc3oc2=O)s1. The Labute approximate surface area is 120 Å². The number of hydrogen-bond acceptors (Lipinski definition) is 6. The molecule has 0 spiro atoms. The van der Waals surface area contributed by atoms with Crippen LogP contribution in [-0.2, 0) is 0 Å². The predicted molar refractivity (Wildman–Crippen MR) is 78.6 cm³/mol. The summed E-state index contributed by atoms with van der Waals surface area (Å²) in [6.45, 7) is 0. The van der Waals surface area contributed by atoms with E-state index in [4.69, 9.17) is 4.42 Å². The largest absolute Gasteiger partial charge is 0.422 e.